The van der Waals surface area contributed by atoms with E-state index in [1.165, 1.54) is 6.33 Å². The molecule has 1 atom stereocenters. The zero-order valence-corrected chi connectivity index (χ0v) is 11.4. The Labute approximate surface area is 120 Å². The fraction of sp³-hybridized carbons (Fsp3) is 0.200. The van der Waals surface area contributed by atoms with E-state index in [0.29, 0.717) is 17.0 Å². The number of hydrogen-bond acceptors (Lipinski definition) is 4. The minimum absolute atomic E-state index is 0.253. The van der Waals surface area contributed by atoms with Crippen molar-refractivity contribution in [3.05, 3.63) is 54.2 Å². The highest BCUT2D eigenvalue weighted by Crippen LogP contribution is 2.28. The Hall–Kier alpha value is -2.76. The number of hydrogen-bond donors (Lipinski definition) is 2. The Morgan fingerprint density at radius 3 is 2.76 bits per heavy atom. The number of carboxylic acid groups (broad SMARTS) is 1. The quantitative estimate of drug-likeness (QED) is 0.763. The van der Waals surface area contributed by atoms with Crippen molar-refractivity contribution in [3.8, 4) is 0 Å². The largest absolute Gasteiger partial charge is 0.481 e. The number of benzene rings is 1. The van der Waals surface area contributed by atoms with Gasteiger partial charge in [-0.2, -0.15) is 0 Å². The summed E-state index contributed by atoms with van der Waals surface area (Å²) >= 11 is 0. The number of carbonyl (C=O) groups is 1. The van der Waals surface area contributed by atoms with Gasteiger partial charge in [-0.05, 0) is 12.5 Å². The fourth-order valence-corrected chi connectivity index (χ4v) is 2.34. The van der Waals surface area contributed by atoms with Crippen molar-refractivity contribution in [3.63, 3.8) is 0 Å². The molecule has 0 radical (unpaired) electrons. The van der Waals surface area contributed by atoms with E-state index in [2.05, 4.69) is 19.9 Å². The van der Waals surface area contributed by atoms with Gasteiger partial charge in [0.1, 0.15) is 17.7 Å². The highest BCUT2D eigenvalue weighted by atomic mass is 16.4. The van der Waals surface area contributed by atoms with Crippen LogP contribution in [-0.2, 0) is 16.6 Å². The molecule has 0 spiro atoms. The summed E-state index contributed by atoms with van der Waals surface area (Å²) in [4.78, 5) is 27.1. The first-order chi connectivity index (χ1) is 10.1. The van der Waals surface area contributed by atoms with Crippen molar-refractivity contribution in [2.45, 2.75) is 18.8 Å². The van der Waals surface area contributed by atoms with Gasteiger partial charge in [-0.3, -0.25) is 4.79 Å². The van der Waals surface area contributed by atoms with Gasteiger partial charge in [0.25, 0.3) is 0 Å². The Kier molecular flexibility index (Phi) is 3.13. The maximum Gasteiger partial charge on any atom is 0.314 e. The van der Waals surface area contributed by atoms with Gasteiger partial charge < -0.3 is 10.1 Å². The smallest absolute Gasteiger partial charge is 0.314 e. The zero-order valence-electron chi connectivity index (χ0n) is 11.4. The van der Waals surface area contributed by atoms with Gasteiger partial charge in [-0.1, -0.05) is 30.3 Å². The number of nitrogens with zero attached hydrogens (tertiary/aromatic N) is 3. The summed E-state index contributed by atoms with van der Waals surface area (Å²) < 4.78 is 0. The molecule has 6 nitrogen and oxygen atoms in total. The van der Waals surface area contributed by atoms with Crippen LogP contribution in [0.3, 0.4) is 0 Å². The summed E-state index contributed by atoms with van der Waals surface area (Å²) in [5.41, 5.74) is 0.931. The van der Waals surface area contributed by atoms with E-state index < -0.39 is 11.4 Å². The van der Waals surface area contributed by atoms with Crippen molar-refractivity contribution < 1.29 is 9.90 Å². The minimum Gasteiger partial charge on any atom is -0.481 e. The van der Waals surface area contributed by atoms with Crippen LogP contribution in [0, 0.1) is 0 Å². The molecule has 2 aromatic heterocycles. The normalized spacial score (nSPS) is 14.0. The SMILES string of the molecule is CC(Cc1nc2ncncc2[nH]1)(C(=O)O)c1ccccc1. The molecule has 106 valence electrons. The number of H-pyrrole nitrogens is 1. The molecule has 1 aromatic carbocycles. The van der Waals surface area contributed by atoms with Crippen molar-refractivity contribution >= 4 is 17.1 Å². The van der Waals surface area contributed by atoms with Crippen molar-refractivity contribution in [1.29, 1.82) is 0 Å². The summed E-state index contributed by atoms with van der Waals surface area (Å²) in [6, 6.07) is 9.16. The molecule has 6 heteroatoms. The van der Waals surface area contributed by atoms with E-state index in [9.17, 15) is 9.90 Å². The Balaban J connectivity index is 2.01. The second-order valence-corrected chi connectivity index (χ2v) is 5.12. The van der Waals surface area contributed by atoms with Crippen molar-refractivity contribution in [2.24, 2.45) is 0 Å². The monoisotopic (exact) mass is 282 g/mol. The molecule has 2 N–H and O–H groups in total. The first kappa shape index (κ1) is 13.2. The molecule has 0 aliphatic rings. The number of carboxylic acids is 1. The summed E-state index contributed by atoms with van der Waals surface area (Å²) in [5, 5.41) is 9.65. The highest BCUT2D eigenvalue weighted by Gasteiger charge is 2.36. The van der Waals surface area contributed by atoms with E-state index in [1.807, 2.05) is 30.3 Å². The number of aliphatic carboxylic acids is 1. The highest BCUT2D eigenvalue weighted by molar-refractivity contribution is 5.81. The molecule has 21 heavy (non-hydrogen) atoms. The van der Waals surface area contributed by atoms with E-state index in [-0.39, 0.29) is 6.42 Å². The van der Waals surface area contributed by atoms with E-state index in [0.717, 1.165) is 5.56 Å². The third-order valence-electron chi connectivity index (χ3n) is 3.61. The van der Waals surface area contributed by atoms with Crippen LogP contribution in [0.15, 0.2) is 42.9 Å². The zero-order chi connectivity index (χ0) is 14.9. The van der Waals surface area contributed by atoms with Crippen LogP contribution in [0.5, 0.6) is 0 Å². The molecule has 0 bridgehead atoms. The average Bonchev–Trinajstić information content (AvgIpc) is 2.89. The lowest BCUT2D eigenvalue weighted by atomic mass is 9.79. The average molecular weight is 282 g/mol. The molecule has 3 rings (SSSR count). The Morgan fingerprint density at radius 1 is 1.33 bits per heavy atom. The van der Waals surface area contributed by atoms with Gasteiger partial charge in [0.05, 0.1) is 11.6 Å². The van der Waals surface area contributed by atoms with Gasteiger partial charge in [-0.25, -0.2) is 15.0 Å². The van der Waals surface area contributed by atoms with Crippen LogP contribution >= 0.6 is 0 Å². The number of imidazole rings is 1. The third-order valence-corrected chi connectivity index (χ3v) is 3.61. The van der Waals surface area contributed by atoms with Gasteiger partial charge in [-0.15, -0.1) is 0 Å². The summed E-state index contributed by atoms with van der Waals surface area (Å²) in [6.45, 7) is 1.70. The Morgan fingerprint density at radius 2 is 2.10 bits per heavy atom. The summed E-state index contributed by atoms with van der Waals surface area (Å²) in [7, 11) is 0. The number of aromatic amines is 1. The lowest BCUT2D eigenvalue weighted by molar-refractivity contribution is -0.143. The second-order valence-electron chi connectivity index (χ2n) is 5.12. The van der Waals surface area contributed by atoms with Crippen LogP contribution in [0.4, 0.5) is 0 Å². The summed E-state index contributed by atoms with van der Waals surface area (Å²) in [6.07, 6.45) is 3.29. The van der Waals surface area contributed by atoms with E-state index in [4.69, 9.17) is 0 Å². The molecule has 0 saturated carbocycles. The molecular formula is C15H14N4O2. The maximum absolute atomic E-state index is 11.8. The van der Waals surface area contributed by atoms with Gasteiger partial charge in [0.15, 0.2) is 5.65 Å². The van der Waals surface area contributed by atoms with Crippen molar-refractivity contribution in [2.75, 3.05) is 0 Å². The molecule has 0 aliphatic carbocycles. The van der Waals surface area contributed by atoms with Crippen LogP contribution in [0.1, 0.15) is 18.3 Å². The molecule has 3 aromatic rings. The van der Waals surface area contributed by atoms with Gasteiger partial charge in [0, 0.05) is 6.42 Å². The van der Waals surface area contributed by atoms with Gasteiger partial charge >= 0.3 is 5.97 Å². The van der Waals surface area contributed by atoms with Crippen LogP contribution in [0.2, 0.25) is 0 Å². The standard InChI is InChI=1S/C15H14N4O2/c1-15(14(20)21,10-5-3-2-4-6-10)7-12-18-11-8-16-9-17-13(11)19-12/h2-6,8-9H,7H2,1H3,(H,20,21)(H,16,17,18,19). The van der Waals surface area contributed by atoms with Gasteiger partial charge in [0.2, 0.25) is 0 Å². The maximum atomic E-state index is 11.8. The topological polar surface area (TPSA) is 91.8 Å². The molecule has 0 aliphatic heterocycles. The predicted octanol–water partition coefficient (Wildman–Crippen LogP) is 1.94. The van der Waals surface area contributed by atoms with E-state index >= 15 is 0 Å². The molecule has 0 saturated heterocycles. The minimum atomic E-state index is -1.05. The summed E-state index contributed by atoms with van der Waals surface area (Å²) in [5.74, 6) is -0.306. The Bertz CT molecular complexity index is 751. The van der Waals surface area contributed by atoms with Crippen LogP contribution in [0.25, 0.3) is 11.2 Å². The number of nitrogens with one attached hydrogen (secondary N) is 1. The first-order valence-electron chi connectivity index (χ1n) is 6.53. The lowest BCUT2D eigenvalue weighted by Crippen LogP contribution is -2.35. The van der Waals surface area contributed by atoms with E-state index in [1.54, 1.807) is 13.1 Å². The van der Waals surface area contributed by atoms with Crippen molar-refractivity contribution in [1.82, 2.24) is 19.9 Å². The molecule has 1 unspecified atom stereocenters. The van der Waals surface area contributed by atoms with Crippen LogP contribution < -0.4 is 0 Å². The predicted molar refractivity (Wildman–Crippen MR) is 76.8 cm³/mol. The molecule has 2 heterocycles. The van der Waals surface area contributed by atoms with Crippen LogP contribution in [-0.4, -0.2) is 31.0 Å². The fourth-order valence-electron chi connectivity index (χ4n) is 2.34. The number of fused-ring (bicyclic) bond motifs is 1. The third kappa shape index (κ3) is 2.35. The molecule has 0 amide bonds. The number of rotatable bonds is 4. The molecule has 0 fully saturated rings. The number of aromatic nitrogens is 4. The lowest BCUT2D eigenvalue weighted by Gasteiger charge is -2.24. The first-order valence-corrected chi connectivity index (χ1v) is 6.53. The molecular weight excluding hydrogens is 268 g/mol. The second kappa shape index (κ2) is 4.97.